The largest absolute Gasteiger partial charge is 0.439 e. The molecule has 4 aromatic heterocycles. The first-order valence-electron chi connectivity index (χ1n) is 20.8. The fourth-order valence-corrected chi connectivity index (χ4v) is 7.16. The molecule has 2 N–H and O–H groups in total. The highest BCUT2D eigenvalue weighted by Gasteiger charge is 2.15. The Kier molecular flexibility index (Phi) is 15.1. The lowest BCUT2D eigenvalue weighted by Crippen LogP contribution is -2.25. The molecule has 0 aliphatic carbocycles. The number of rotatable bonds is 13. The highest BCUT2D eigenvalue weighted by molar-refractivity contribution is 9.10. The van der Waals surface area contributed by atoms with Crippen molar-refractivity contribution in [3.63, 3.8) is 0 Å². The number of nitrogens with zero attached hydrogens (tertiary/aromatic N) is 8. The Morgan fingerprint density at radius 1 is 0.536 bits per heavy atom. The molecule has 338 valence electrons. The SMILES string of the molecule is N#Cc1cccc(Oc2ccc(Nc3ncc(-c4ccccc4)c(=O)n3Cc3ccc(Cl)cc3)cc2)n1.N#Cc1cccc(Oc2ccc(Nc3ncc(Br)c(=O)n3Cc3ccc(Cl)cc3)cc2)n1. The fraction of sp³-hybridized carbons (Fsp3) is 0.0385. The second-order valence-corrected chi connectivity index (χ2v) is 16.5. The lowest BCUT2D eigenvalue weighted by atomic mass is 10.1. The third kappa shape index (κ3) is 12.4. The molecule has 5 aromatic carbocycles. The zero-order valence-electron chi connectivity index (χ0n) is 36.0. The maximum Gasteiger partial charge on any atom is 0.269 e. The predicted octanol–water partition coefficient (Wildman–Crippen LogP) is 11.9. The molecule has 0 bridgehead atoms. The van der Waals surface area contributed by atoms with Crippen molar-refractivity contribution in [2.24, 2.45) is 0 Å². The minimum atomic E-state index is -0.208. The highest BCUT2D eigenvalue weighted by Crippen LogP contribution is 2.26. The van der Waals surface area contributed by atoms with Crippen LogP contribution in [0, 0.1) is 22.7 Å². The number of halogens is 3. The summed E-state index contributed by atoms with van der Waals surface area (Å²) in [4.78, 5) is 43.5. The van der Waals surface area contributed by atoms with E-state index in [0.717, 1.165) is 28.1 Å². The molecule has 0 aliphatic rings. The van der Waals surface area contributed by atoms with Crippen LogP contribution in [0.25, 0.3) is 11.1 Å². The van der Waals surface area contributed by atoms with Gasteiger partial charge in [0.15, 0.2) is 0 Å². The van der Waals surface area contributed by atoms with E-state index in [1.54, 1.807) is 108 Å². The van der Waals surface area contributed by atoms with Crippen LogP contribution in [0.3, 0.4) is 0 Å². The van der Waals surface area contributed by atoms with Crippen LogP contribution in [0.2, 0.25) is 10.0 Å². The van der Waals surface area contributed by atoms with Gasteiger partial charge in [0, 0.05) is 39.7 Å². The van der Waals surface area contributed by atoms with Gasteiger partial charge in [0.25, 0.3) is 11.1 Å². The van der Waals surface area contributed by atoms with Crippen LogP contribution in [0.5, 0.6) is 23.3 Å². The quantitative estimate of drug-likeness (QED) is 0.111. The Bertz CT molecular complexity index is 3440. The first kappa shape index (κ1) is 46.9. The van der Waals surface area contributed by atoms with Crippen LogP contribution in [-0.4, -0.2) is 29.1 Å². The first-order valence-corrected chi connectivity index (χ1v) is 22.4. The molecule has 4 heterocycles. The van der Waals surface area contributed by atoms with E-state index in [1.807, 2.05) is 78.9 Å². The van der Waals surface area contributed by atoms with Crippen molar-refractivity contribution in [2.45, 2.75) is 13.1 Å². The normalized spacial score (nSPS) is 10.4. The third-order valence-electron chi connectivity index (χ3n) is 9.99. The topological polar surface area (TPSA) is 186 Å². The van der Waals surface area contributed by atoms with Crippen molar-refractivity contribution < 1.29 is 9.47 Å². The lowest BCUT2D eigenvalue weighted by molar-refractivity contribution is 0.462. The smallest absolute Gasteiger partial charge is 0.269 e. The molecule has 0 atom stereocenters. The zero-order chi connectivity index (χ0) is 48.1. The number of ether oxygens (including phenoxy) is 2. The summed E-state index contributed by atoms with van der Waals surface area (Å²) < 4.78 is 15.0. The summed E-state index contributed by atoms with van der Waals surface area (Å²) in [6, 6.07) is 52.3. The van der Waals surface area contributed by atoms with Gasteiger partial charge in [-0.3, -0.25) is 18.7 Å². The van der Waals surface area contributed by atoms with Gasteiger partial charge in [-0.05, 0) is 118 Å². The van der Waals surface area contributed by atoms with Crippen molar-refractivity contribution in [3.8, 4) is 46.5 Å². The number of aromatic nitrogens is 6. The summed E-state index contributed by atoms with van der Waals surface area (Å²) in [5.41, 5.74) is 4.75. The molecule has 0 spiro atoms. The van der Waals surface area contributed by atoms with Crippen molar-refractivity contribution >= 4 is 62.4 Å². The number of nitrogens with one attached hydrogen (secondary N) is 2. The molecule has 0 saturated carbocycles. The van der Waals surface area contributed by atoms with Crippen molar-refractivity contribution in [3.05, 3.63) is 234 Å². The van der Waals surface area contributed by atoms with Crippen LogP contribution in [-0.2, 0) is 13.1 Å². The van der Waals surface area contributed by atoms with Crippen LogP contribution in [0.4, 0.5) is 23.3 Å². The monoisotopic (exact) mass is 1010 g/mol. The van der Waals surface area contributed by atoms with Crippen molar-refractivity contribution in [1.82, 2.24) is 29.1 Å². The van der Waals surface area contributed by atoms with Gasteiger partial charge in [-0.15, -0.1) is 0 Å². The predicted molar refractivity (Wildman–Crippen MR) is 269 cm³/mol. The second kappa shape index (κ2) is 22.3. The third-order valence-corrected chi connectivity index (χ3v) is 11.0. The van der Waals surface area contributed by atoms with Gasteiger partial charge in [0.2, 0.25) is 23.7 Å². The van der Waals surface area contributed by atoms with Gasteiger partial charge in [0.05, 0.1) is 24.8 Å². The molecule has 0 amide bonds. The van der Waals surface area contributed by atoms with Gasteiger partial charge < -0.3 is 20.1 Å². The summed E-state index contributed by atoms with van der Waals surface area (Å²) in [5, 5.41) is 25.6. The Morgan fingerprint density at radius 2 is 0.986 bits per heavy atom. The number of pyridine rings is 2. The Morgan fingerprint density at radius 3 is 1.45 bits per heavy atom. The molecule has 69 heavy (non-hydrogen) atoms. The molecule has 0 aliphatic heterocycles. The van der Waals surface area contributed by atoms with Crippen LogP contribution in [0.1, 0.15) is 22.5 Å². The molecular weight excluding hydrogens is 979 g/mol. The minimum absolute atomic E-state index is 0.165. The van der Waals surface area contributed by atoms with Gasteiger partial charge >= 0.3 is 0 Å². The zero-order valence-corrected chi connectivity index (χ0v) is 39.1. The number of benzene rings is 5. The molecule has 9 aromatic rings. The maximum absolute atomic E-state index is 13.6. The van der Waals surface area contributed by atoms with E-state index in [9.17, 15) is 9.59 Å². The summed E-state index contributed by atoms with van der Waals surface area (Å²) in [6.07, 6.45) is 3.05. The number of hydrogen-bond donors (Lipinski definition) is 2. The van der Waals surface area contributed by atoms with E-state index in [2.05, 4.69) is 46.5 Å². The lowest BCUT2D eigenvalue weighted by Gasteiger charge is -2.16. The number of hydrogen-bond acceptors (Lipinski definition) is 12. The van der Waals surface area contributed by atoms with Gasteiger partial charge in [-0.25, -0.2) is 19.9 Å². The van der Waals surface area contributed by atoms with E-state index < -0.39 is 0 Å². The Balaban J connectivity index is 0.000000188. The molecule has 9 rings (SSSR count). The Hall–Kier alpha value is -8.60. The van der Waals surface area contributed by atoms with Gasteiger partial charge in [0.1, 0.15) is 39.5 Å². The highest BCUT2D eigenvalue weighted by atomic mass is 79.9. The van der Waals surface area contributed by atoms with Crippen molar-refractivity contribution in [1.29, 1.82) is 10.5 Å². The average molecular weight is 1010 g/mol. The van der Waals surface area contributed by atoms with E-state index >= 15 is 0 Å². The average Bonchev–Trinajstić information content (AvgIpc) is 3.38. The van der Waals surface area contributed by atoms with Crippen LogP contribution < -0.4 is 31.2 Å². The Labute approximate surface area is 413 Å². The van der Waals surface area contributed by atoms with Crippen molar-refractivity contribution in [2.75, 3.05) is 10.6 Å². The molecule has 0 radical (unpaired) electrons. The van der Waals surface area contributed by atoms with Crippen LogP contribution >= 0.6 is 39.1 Å². The molecule has 0 unspecified atom stereocenters. The van der Waals surface area contributed by atoms with E-state index in [-0.39, 0.29) is 22.5 Å². The van der Waals surface area contributed by atoms with E-state index in [0.29, 0.717) is 68.3 Å². The standard InChI is InChI=1S/C29H20ClN5O2.C23H15BrClN5O2/c30-22-11-9-20(10-12-22)19-35-28(36)26(21-5-2-1-3-6-21)18-32-29(35)34-23-13-15-25(16-14-23)37-27-8-4-7-24(17-31)33-27;24-20-13-27-23(30(22(20)31)14-15-4-6-16(25)7-5-15)29-17-8-10-19(11-9-17)32-21-3-1-2-18(12-26)28-21/h1-16,18H,19H2,(H,32,34);1-11,13H,14H2,(H,27,29). The summed E-state index contributed by atoms with van der Waals surface area (Å²) in [6.45, 7) is 0.640. The first-order chi connectivity index (χ1) is 33.6. The summed E-state index contributed by atoms with van der Waals surface area (Å²) >= 11 is 15.3. The van der Waals surface area contributed by atoms with Crippen LogP contribution in [0.15, 0.2) is 190 Å². The summed E-state index contributed by atoms with van der Waals surface area (Å²) in [7, 11) is 0. The molecule has 17 heteroatoms. The fourth-order valence-electron chi connectivity index (χ4n) is 6.59. The van der Waals surface area contributed by atoms with E-state index in [1.165, 1.54) is 10.8 Å². The second-order valence-electron chi connectivity index (χ2n) is 14.8. The van der Waals surface area contributed by atoms with Gasteiger partial charge in [-0.1, -0.05) is 89.9 Å². The molecule has 0 fully saturated rings. The van der Waals surface area contributed by atoms with Gasteiger partial charge in [-0.2, -0.15) is 10.5 Å². The van der Waals surface area contributed by atoms with E-state index in [4.69, 9.17) is 43.2 Å². The minimum Gasteiger partial charge on any atom is -0.439 e. The summed E-state index contributed by atoms with van der Waals surface area (Å²) in [5.74, 6) is 2.56. The molecule has 0 saturated heterocycles. The number of nitriles is 2. The molecular formula is C52H35BrCl2N10O4. The maximum atomic E-state index is 13.6. The number of anilines is 4. The molecule has 14 nitrogen and oxygen atoms in total.